The predicted molar refractivity (Wildman–Crippen MR) is 157 cm³/mol. The summed E-state index contributed by atoms with van der Waals surface area (Å²) >= 11 is 0. The number of aliphatic hydroxyl groups excluding tert-OH is 1. The van der Waals surface area contributed by atoms with Crippen LogP contribution in [0.1, 0.15) is 36.1 Å². The normalized spacial score (nSPS) is 15.0. The Hall–Kier alpha value is -3.75. The van der Waals surface area contributed by atoms with Crippen LogP contribution in [0.5, 0.6) is 5.75 Å². The average Bonchev–Trinajstić information content (AvgIpc) is 3.40. The van der Waals surface area contributed by atoms with Gasteiger partial charge in [-0.3, -0.25) is 19.9 Å². The van der Waals surface area contributed by atoms with E-state index >= 15 is 0 Å². The Labute approximate surface area is 246 Å². The molecule has 12 nitrogen and oxygen atoms in total. The van der Waals surface area contributed by atoms with Crippen LogP contribution in [0.15, 0.2) is 54.7 Å². The first-order valence-corrected chi connectivity index (χ1v) is 14.4. The van der Waals surface area contributed by atoms with Crippen LogP contribution in [0.25, 0.3) is 10.9 Å². The van der Waals surface area contributed by atoms with Gasteiger partial charge in [0.15, 0.2) is 6.61 Å². The third-order valence-corrected chi connectivity index (χ3v) is 6.71. The Morgan fingerprint density at radius 2 is 2.00 bits per heavy atom. The lowest BCUT2D eigenvalue weighted by molar-refractivity contribution is -0.234. The van der Waals surface area contributed by atoms with Crippen molar-refractivity contribution in [3.05, 3.63) is 71.4 Å². The summed E-state index contributed by atoms with van der Waals surface area (Å²) in [7, 11) is -0.768. The monoisotopic (exact) mass is 602 g/mol. The summed E-state index contributed by atoms with van der Waals surface area (Å²) < 4.78 is 28.8. The zero-order chi connectivity index (χ0) is 31.1. The number of likely N-dealkylation sites (tertiary alicyclic amines) is 1. The molecule has 2 atom stereocenters. The molecule has 3 aromatic rings. The molecule has 0 spiro atoms. The van der Waals surface area contributed by atoms with Crippen molar-refractivity contribution >= 4 is 33.6 Å². The fourth-order valence-corrected chi connectivity index (χ4v) is 4.55. The minimum atomic E-state index is -2.61. The van der Waals surface area contributed by atoms with Gasteiger partial charge in [0.2, 0.25) is 0 Å². The van der Waals surface area contributed by atoms with E-state index in [1.807, 2.05) is 38.2 Å². The number of ether oxygens (including phenoxy) is 1. The molecule has 42 heavy (non-hydrogen) atoms. The molecule has 13 heteroatoms. The quantitative estimate of drug-likeness (QED) is 0.178. The van der Waals surface area contributed by atoms with Crippen LogP contribution >= 0.6 is 0 Å². The number of hydrogen-bond donors (Lipinski definition) is 3. The number of fused-ring (bicyclic) bond motifs is 1. The molecule has 228 valence electrons. The number of aldehydes is 1. The second kappa shape index (κ2) is 17.9. The number of β-amino-alcohol motifs (C(OH)–C–C–N with tert-alkyl or cyclic N) is 1. The van der Waals surface area contributed by atoms with Crippen LogP contribution in [0.3, 0.4) is 0 Å². The molecule has 2 aromatic carbocycles. The molecule has 0 aliphatic carbocycles. The largest absolute Gasteiger partial charge is 0.483 e. The Morgan fingerprint density at radius 1 is 1.26 bits per heavy atom. The van der Waals surface area contributed by atoms with Crippen LogP contribution in [-0.2, 0) is 31.4 Å². The summed E-state index contributed by atoms with van der Waals surface area (Å²) in [6.45, 7) is 6.04. The van der Waals surface area contributed by atoms with Crippen LogP contribution < -0.4 is 4.74 Å². The Bertz CT molecular complexity index is 1410. The topological polar surface area (TPSA) is 170 Å². The van der Waals surface area contributed by atoms with Gasteiger partial charge in [0.05, 0.1) is 17.7 Å². The van der Waals surface area contributed by atoms with Crippen molar-refractivity contribution in [2.24, 2.45) is 0 Å². The third kappa shape index (κ3) is 10.9. The highest BCUT2D eigenvalue weighted by molar-refractivity contribution is 7.60. The SMILES string of the molecule is CCc1cccc(C(CN2CC[C@H](O)C2)N(C)C(=O)COc2ccc(C)c3ncccc23)c1.N=S(=O)=O.O=CCOO. The lowest BCUT2D eigenvalue weighted by Gasteiger charge is -2.32. The van der Waals surface area contributed by atoms with E-state index in [-0.39, 0.29) is 31.3 Å². The number of rotatable bonds is 10. The lowest BCUT2D eigenvalue weighted by atomic mass is 10.0. The van der Waals surface area contributed by atoms with Crippen LogP contribution in [-0.4, -0.2) is 91.8 Å². The maximum absolute atomic E-state index is 13.2. The van der Waals surface area contributed by atoms with E-state index in [1.165, 1.54) is 5.56 Å². The Morgan fingerprint density at radius 3 is 2.60 bits per heavy atom. The fourth-order valence-electron chi connectivity index (χ4n) is 4.55. The van der Waals surface area contributed by atoms with E-state index in [0.717, 1.165) is 41.4 Å². The number of likely N-dealkylation sites (N-methyl/N-ethyl adjacent to an activating group) is 1. The Kier molecular flexibility index (Phi) is 14.7. The van der Waals surface area contributed by atoms with Gasteiger partial charge < -0.3 is 19.5 Å². The van der Waals surface area contributed by atoms with E-state index in [9.17, 15) is 9.90 Å². The average molecular weight is 603 g/mol. The molecule has 1 fully saturated rings. The van der Waals surface area contributed by atoms with Gasteiger partial charge in [-0.05, 0) is 54.7 Å². The standard InChI is InChI=1S/C27H33N3O3.C2H4O3.HNO2S/c1-4-20-7-5-8-21(15-20)24(17-30-14-12-22(31)16-30)29(3)26(32)18-33-25-11-10-19(2)27-23(25)9-6-13-28-27;3-1-2-5-4;1-4(2)3/h5-11,13,15,22,24,31H,4,12,14,16-18H2,1-3H3;1,4H,2H2;1H/t22-,24?;;/m0../s1. The van der Waals surface area contributed by atoms with Crippen molar-refractivity contribution in [2.75, 3.05) is 39.9 Å². The van der Waals surface area contributed by atoms with E-state index in [0.29, 0.717) is 25.1 Å². The number of benzene rings is 2. The highest BCUT2D eigenvalue weighted by atomic mass is 32.2. The molecule has 4 rings (SSSR count). The smallest absolute Gasteiger partial charge is 0.308 e. The van der Waals surface area contributed by atoms with Gasteiger partial charge in [0.25, 0.3) is 5.91 Å². The number of nitrogens with one attached hydrogen (secondary N) is 1. The van der Waals surface area contributed by atoms with Crippen molar-refractivity contribution in [2.45, 2.75) is 38.8 Å². The van der Waals surface area contributed by atoms with Gasteiger partial charge in [-0.15, -0.1) is 0 Å². The molecule has 0 saturated carbocycles. The number of pyridine rings is 1. The highest BCUT2D eigenvalue weighted by Crippen LogP contribution is 2.28. The molecule has 1 aliphatic rings. The molecular weight excluding hydrogens is 564 g/mol. The van der Waals surface area contributed by atoms with Crippen LogP contribution in [0, 0.1) is 11.7 Å². The molecule has 0 radical (unpaired) electrons. The van der Waals surface area contributed by atoms with E-state index in [2.05, 4.69) is 46.0 Å². The summed E-state index contributed by atoms with van der Waals surface area (Å²) in [5.74, 6) is 0.580. The third-order valence-electron chi connectivity index (χ3n) is 6.71. The highest BCUT2D eigenvalue weighted by Gasteiger charge is 2.28. The van der Waals surface area contributed by atoms with Crippen molar-refractivity contribution in [1.82, 2.24) is 14.8 Å². The van der Waals surface area contributed by atoms with Crippen molar-refractivity contribution in [3.8, 4) is 5.75 Å². The molecule has 3 N–H and O–H groups in total. The molecule has 1 aliphatic heterocycles. The number of aryl methyl sites for hydroxylation is 2. The molecule has 1 amide bonds. The number of aromatic nitrogens is 1. The van der Waals surface area contributed by atoms with Crippen molar-refractivity contribution in [3.63, 3.8) is 0 Å². The number of amides is 1. The minimum Gasteiger partial charge on any atom is -0.483 e. The number of carbonyl (C=O) groups is 2. The van der Waals surface area contributed by atoms with E-state index in [4.69, 9.17) is 28.0 Å². The second-order valence-electron chi connectivity index (χ2n) is 9.59. The summed E-state index contributed by atoms with van der Waals surface area (Å²) in [5, 5.41) is 18.2. The molecule has 1 aromatic heterocycles. The van der Waals surface area contributed by atoms with Gasteiger partial charge in [0, 0.05) is 38.3 Å². The van der Waals surface area contributed by atoms with Gasteiger partial charge >= 0.3 is 10.5 Å². The van der Waals surface area contributed by atoms with Crippen molar-refractivity contribution < 1.29 is 38.0 Å². The number of hydrogen-bond acceptors (Lipinski definition) is 11. The maximum Gasteiger partial charge on any atom is 0.308 e. The van der Waals surface area contributed by atoms with Crippen LogP contribution in [0.4, 0.5) is 0 Å². The number of nitrogens with zero attached hydrogens (tertiary/aromatic N) is 3. The lowest BCUT2D eigenvalue weighted by Crippen LogP contribution is -2.41. The zero-order valence-electron chi connectivity index (χ0n) is 24.0. The summed E-state index contributed by atoms with van der Waals surface area (Å²) in [5.41, 5.74) is 4.31. The first kappa shape index (κ1) is 34.5. The fraction of sp³-hybridized carbons (Fsp3) is 0.414. The summed E-state index contributed by atoms with van der Waals surface area (Å²) in [6, 6.07) is 16.0. The Balaban J connectivity index is 0.000000600. The summed E-state index contributed by atoms with van der Waals surface area (Å²) in [6.07, 6.45) is 3.65. The molecule has 0 bridgehead atoms. The van der Waals surface area contributed by atoms with Crippen LogP contribution in [0.2, 0.25) is 0 Å². The van der Waals surface area contributed by atoms with E-state index in [1.54, 1.807) is 11.1 Å². The predicted octanol–water partition coefficient (Wildman–Crippen LogP) is 3.05. The van der Waals surface area contributed by atoms with Gasteiger partial charge in [-0.1, -0.05) is 37.3 Å². The number of carbonyl (C=O) groups excluding carboxylic acids is 2. The van der Waals surface area contributed by atoms with Gasteiger partial charge in [0.1, 0.15) is 18.6 Å². The number of aliphatic hydroxyl groups is 1. The first-order valence-electron chi connectivity index (χ1n) is 13.3. The van der Waals surface area contributed by atoms with Gasteiger partial charge in [-0.25, -0.2) is 4.89 Å². The molecule has 1 unspecified atom stereocenters. The molecule has 1 saturated heterocycles. The molecule has 2 heterocycles. The maximum atomic E-state index is 13.2. The van der Waals surface area contributed by atoms with Crippen molar-refractivity contribution in [1.29, 1.82) is 4.78 Å². The zero-order valence-corrected chi connectivity index (χ0v) is 24.8. The first-order chi connectivity index (χ1) is 20.1. The van der Waals surface area contributed by atoms with E-state index < -0.39 is 10.5 Å². The minimum absolute atomic E-state index is 0.0455. The van der Waals surface area contributed by atoms with Gasteiger partial charge in [-0.2, -0.15) is 13.2 Å². The summed E-state index contributed by atoms with van der Waals surface area (Å²) in [4.78, 5) is 34.2. The molecular formula is C29H38N4O8S. The second-order valence-corrected chi connectivity index (χ2v) is 10.1.